The highest BCUT2D eigenvalue weighted by Crippen LogP contribution is 2.21. The molecule has 0 saturated carbocycles. The Morgan fingerprint density at radius 2 is 2.00 bits per heavy atom. The van der Waals surface area contributed by atoms with Crippen LogP contribution in [-0.4, -0.2) is 17.9 Å². The average Bonchev–Trinajstić information content (AvgIpc) is 2.32. The average molecular weight is 293 g/mol. The van der Waals surface area contributed by atoms with Gasteiger partial charge < -0.3 is 10.5 Å². The van der Waals surface area contributed by atoms with Crippen molar-refractivity contribution in [1.82, 2.24) is 5.43 Å². The van der Waals surface area contributed by atoms with Crippen molar-refractivity contribution in [2.45, 2.75) is 34.1 Å². The van der Waals surface area contributed by atoms with E-state index >= 15 is 0 Å². The summed E-state index contributed by atoms with van der Waals surface area (Å²) in [6, 6.07) is 4.05. The lowest BCUT2D eigenvalue weighted by Gasteiger charge is -2.12. The molecule has 0 aliphatic rings. The molecule has 0 atom stereocenters. The van der Waals surface area contributed by atoms with Gasteiger partial charge in [0, 0.05) is 5.56 Å². The molecule has 0 aliphatic carbocycles. The van der Waals surface area contributed by atoms with Crippen LogP contribution in [0.3, 0.4) is 0 Å². The van der Waals surface area contributed by atoms with E-state index in [0.29, 0.717) is 5.92 Å². The second-order valence-corrected chi connectivity index (χ2v) is 5.68. The van der Waals surface area contributed by atoms with Crippen LogP contribution in [0.1, 0.15) is 37.0 Å². The second kappa shape index (κ2) is 7.85. The van der Waals surface area contributed by atoms with Crippen LogP contribution in [0.4, 0.5) is 0 Å². The van der Waals surface area contributed by atoms with Gasteiger partial charge in [0.2, 0.25) is 0 Å². The van der Waals surface area contributed by atoms with Crippen LogP contribution in [0.25, 0.3) is 0 Å². The van der Waals surface area contributed by atoms with E-state index in [1.165, 1.54) is 0 Å². The molecule has 0 fully saturated rings. The minimum Gasteiger partial charge on any atom is -0.494 e. The van der Waals surface area contributed by atoms with Gasteiger partial charge in [0.15, 0.2) is 5.11 Å². The Morgan fingerprint density at radius 1 is 1.40 bits per heavy atom. The van der Waals surface area contributed by atoms with Crippen LogP contribution in [0.5, 0.6) is 5.75 Å². The molecule has 0 unspecified atom stereocenters. The van der Waals surface area contributed by atoms with Crippen LogP contribution in [-0.2, 0) is 0 Å². The van der Waals surface area contributed by atoms with Gasteiger partial charge in [-0.05, 0) is 61.7 Å². The smallest absolute Gasteiger partial charge is 0.184 e. The zero-order valence-electron chi connectivity index (χ0n) is 12.6. The normalized spacial score (nSPS) is 11.1. The molecule has 1 aromatic carbocycles. The summed E-state index contributed by atoms with van der Waals surface area (Å²) in [5.41, 5.74) is 11.1. The highest BCUT2D eigenvalue weighted by molar-refractivity contribution is 7.80. The molecule has 0 aliphatic heterocycles. The third-order valence-electron chi connectivity index (χ3n) is 2.90. The molecule has 0 bridgehead atoms. The third-order valence-corrected chi connectivity index (χ3v) is 2.99. The van der Waals surface area contributed by atoms with Gasteiger partial charge in [-0.2, -0.15) is 5.10 Å². The predicted molar refractivity (Wildman–Crippen MR) is 88.4 cm³/mol. The Kier molecular flexibility index (Phi) is 6.45. The summed E-state index contributed by atoms with van der Waals surface area (Å²) in [4.78, 5) is 0. The number of benzene rings is 1. The minimum absolute atomic E-state index is 0.158. The molecular formula is C15H23N3OS. The quantitative estimate of drug-likeness (QED) is 0.481. The van der Waals surface area contributed by atoms with Crippen LogP contribution in [0, 0.1) is 19.8 Å². The lowest BCUT2D eigenvalue weighted by atomic mass is 10.0. The molecule has 0 spiro atoms. The van der Waals surface area contributed by atoms with Crippen molar-refractivity contribution >= 4 is 23.5 Å². The van der Waals surface area contributed by atoms with Gasteiger partial charge >= 0.3 is 0 Å². The van der Waals surface area contributed by atoms with Gasteiger partial charge in [0.25, 0.3) is 0 Å². The Labute approximate surface area is 126 Å². The van der Waals surface area contributed by atoms with E-state index in [1.54, 1.807) is 6.21 Å². The van der Waals surface area contributed by atoms with Gasteiger partial charge in [-0.25, -0.2) is 0 Å². The summed E-state index contributed by atoms with van der Waals surface area (Å²) in [6.07, 6.45) is 2.78. The summed E-state index contributed by atoms with van der Waals surface area (Å²) in [6.45, 7) is 9.18. The molecule has 1 aromatic rings. The van der Waals surface area contributed by atoms with Crippen molar-refractivity contribution in [1.29, 1.82) is 0 Å². The summed E-state index contributed by atoms with van der Waals surface area (Å²) in [7, 11) is 0. The fourth-order valence-corrected chi connectivity index (χ4v) is 1.85. The van der Waals surface area contributed by atoms with Gasteiger partial charge in [-0.15, -0.1) is 0 Å². The SMILES string of the molecule is Cc1cc(OCCC(C)C)cc(C)c1C=NNC(N)=S. The van der Waals surface area contributed by atoms with Crippen molar-refractivity contribution in [2.24, 2.45) is 16.8 Å². The zero-order valence-corrected chi connectivity index (χ0v) is 13.4. The first-order chi connectivity index (χ1) is 9.40. The van der Waals surface area contributed by atoms with E-state index in [4.69, 9.17) is 22.7 Å². The molecular weight excluding hydrogens is 270 g/mol. The third kappa shape index (κ3) is 5.57. The first-order valence-electron chi connectivity index (χ1n) is 6.72. The number of hydrazone groups is 1. The number of nitrogens with two attached hydrogens (primary N) is 1. The van der Waals surface area contributed by atoms with E-state index in [2.05, 4.69) is 24.4 Å². The summed E-state index contributed by atoms with van der Waals surface area (Å²) in [5, 5.41) is 4.15. The van der Waals surface area contributed by atoms with Crippen molar-refractivity contribution in [3.05, 3.63) is 28.8 Å². The molecule has 1 rings (SSSR count). The second-order valence-electron chi connectivity index (χ2n) is 5.24. The maximum Gasteiger partial charge on any atom is 0.184 e. The first-order valence-corrected chi connectivity index (χ1v) is 7.13. The number of thiocarbonyl (C=S) groups is 1. The summed E-state index contributed by atoms with van der Waals surface area (Å²) < 4.78 is 5.78. The Morgan fingerprint density at radius 3 is 2.50 bits per heavy atom. The van der Waals surface area contributed by atoms with E-state index in [0.717, 1.165) is 35.5 Å². The number of nitrogens with one attached hydrogen (secondary N) is 1. The van der Waals surface area contributed by atoms with Crippen LogP contribution < -0.4 is 15.9 Å². The topological polar surface area (TPSA) is 59.6 Å². The molecule has 0 amide bonds. The van der Waals surface area contributed by atoms with E-state index < -0.39 is 0 Å². The van der Waals surface area contributed by atoms with Crippen molar-refractivity contribution in [3.8, 4) is 5.75 Å². The number of nitrogens with zero attached hydrogens (tertiary/aromatic N) is 1. The molecule has 0 aromatic heterocycles. The van der Waals surface area contributed by atoms with Crippen LogP contribution >= 0.6 is 12.2 Å². The van der Waals surface area contributed by atoms with Gasteiger partial charge in [0.05, 0.1) is 12.8 Å². The van der Waals surface area contributed by atoms with E-state index in [-0.39, 0.29) is 5.11 Å². The zero-order chi connectivity index (χ0) is 15.1. The molecule has 0 saturated heterocycles. The van der Waals surface area contributed by atoms with E-state index in [9.17, 15) is 0 Å². The van der Waals surface area contributed by atoms with Crippen molar-refractivity contribution in [3.63, 3.8) is 0 Å². The number of rotatable bonds is 6. The summed E-state index contributed by atoms with van der Waals surface area (Å²) >= 11 is 4.70. The Balaban J connectivity index is 2.75. The lowest BCUT2D eigenvalue weighted by Crippen LogP contribution is -2.24. The van der Waals surface area contributed by atoms with Gasteiger partial charge in [-0.3, -0.25) is 5.43 Å². The monoisotopic (exact) mass is 293 g/mol. The number of hydrogen-bond donors (Lipinski definition) is 2. The maximum atomic E-state index is 5.78. The minimum atomic E-state index is 0.158. The fraction of sp³-hybridized carbons (Fsp3) is 0.467. The lowest BCUT2D eigenvalue weighted by molar-refractivity contribution is 0.289. The summed E-state index contributed by atoms with van der Waals surface area (Å²) in [5.74, 6) is 1.55. The highest BCUT2D eigenvalue weighted by atomic mass is 32.1. The molecule has 3 N–H and O–H groups in total. The van der Waals surface area contributed by atoms with Crippen molar-refractivity contribution in [2.75, 3.05) is 6.61 Å². The number of aryl methyl sites for hydroxylation is 2. The number of ether oxygens (including phenoxy) is 1. The Hall–Kier alpha value is -1.62. The predicted octanol–water partition coefficient (Wildman–Crippen LogP) is 2.90. The fourth-order valence-electron chi connectivity index (χ4n) is 1.79. The van der Waals surface area contributed by atoms with Crippen LogP contribution in [0.15, 0.2) is 17.2 Å². The van der Waals surface area contributed by atoms with E-state index in [1.807, 2.05) is 26.0 Å². The Bertz CT molecular complexity index is 475. The van der Waals surface area contributed by atoms with Crippen LogP contribution in [0.2, 0.25) is 0 Å². The molecule has 0 radical (unpaired) electrons. The first kappa shape index (κ1) is 16.4. The standard InChI is InChI=1S/C15H23N3OS/c1-10(2)5-6-19-13-7-11(3)14(12(4)8-13)9-17-18-15(16)20/h7-10H,5-6H2,1-4H3,(H3,16,18,20). The molecule has 110 valence electrons. The molecule has 0 heterocycles. The highest BCUT2D eigenvalue weighted by Gasteiger charge is 2.05. The number of hydrogen-bond acceptors (Lipinski definition) is 3. The molecule has 20 heavy (non-hydrogen) atoms. The molecule has 5 heteroatoms. The van der Waals surface area contributed by atoms with Crippen molar-refractivity contribution < 1.29 is 4.74 Å². The van der Waals surface area contributed by atoms with Gasteiger partial charge in [0.1, 0.15) is 5.75 Å². The maximum absolute atomic E-state index is 5.78. The van der Waals surface area contributed by atoms with Gasteiger partial charge in [-0.1, -0.05) is 13.8 Å². The largest absolute Gasteiger partial charge is 0.494 e. The molecule has 4 nitrogen and oxygen atoms in total.